The fraction of sp³-hybridized carbons (Fsp3) is 1.00. The Kier molecular flexibility index (Phi) is 1.47. The van der Waals surface area contributed by atoms with Gasteiger partial charge in [0.2, 0.25) is 0 Å². The van der Waals surface area contributed by atoms with Gasteiger partial charge in [-0.15, -0.1) is 0 Å². The molecule has 0 aromatic carbocycles. The lowest BCUT2D eigenvalue weighted by molar-refractivity contribution is 0.133. The van der Waals surface area contributed by atoms with Gasteiger partial charge in [-0.05, 0) is 20.9 Å². The van der Waals surface area contributed by atoms with Gasteiger partial charge in [0.25, 0.3) is 0 Å². The van der Waals surface area contributed by atoms with E-state index in [9.17, 15) is 0 Å². The van der Waals surface area contributed by atoms with Crippen LogP contribution in [0.15, 0.2) is 0 Å². The second-order valence-electron chi connectivity index (χ2n) is 2.42. The molecule has 2 nitrogen and oxygen atoms in total. The molecule has 0 rings (SSSR count). The lowest BCUT2D eigenvalue weighted by atomic mass is 10.1. The van der Waals surface area contributed by atoms with E-state index in [2.05, 4.69) is 10.1 Å². The summed E-state index contributed by atoms with van der Waals surface area (Å²) in [4.78, 5) is 0. The van der Waals surface area contributed by atoms with Crippen LogP contribution in [0, 0.1) is 0 Å². The maximum Gasteiger partial charge on any atom is 0.0638 e. The van der Waals surface area contributed by atoms with Crippen molar-refractivity contribution in [3.63, 3.8) is 0 Å². The summed E-state index contributed by atoms with van der Waals surface area (Å²) in [5, 5.41) is 2.94. The number of hydrogen-bond acceptors (Lipinski definition) is 2. The van der Waals surface area contributed by atoms with Crippen LogP contribution in [-0.4, -0.2) is 26.2 Å². The van der Waals surface area contributed by atoms with Crippen LogP contribution in [0.4, 0.5) is 0 Å². The summed E-state index contributed by atoms with van der Waals surface area (Å²) in [6.07, 6.45) is 0. The van der Waals surface area contributed by atoms with Crippen LogP contribution in [0.3, 0.4) is 0 Å². The van der Waals surface area contributed by atoms with Gasteiger partial charge < -0.3 is 10.1 Å². The summed E-state index contributed by atoms with van der Waals surface area (Å²) in [5.74, 6) is 0. The smallest absolute Gasteiger partial charge is 0.0638 e. The summed E-state index contributed by atoms with van der Waals surface area (Å²) in [6, 6.07) is 0. The monoisotopic (exact) mass is 120 g/mol. The van der Waals surface area contributed by atoms with Crippen molar-refractivity contribution in [3.05, 3.63) is 0 Å². The van der Waals surface area contributed by atoms with Crippen LogP contribution in [0.25, 0.3) is 0 Å². The molecule has 8 heavy (non-hydrogen) atoms. The summed E-state index contributed by atoms with van der Waals surface area (Å²) < 4.78 is 24.9. The minimum atomic E-state index is -2.28. The van der Waals surface area contributed by atoms with Crippen LogP contribution in [0.1, 0.15) is 18.0 Å². The van der Waals surface area contributed by atoms with Crippen LogP contribution in [0.5, 0.6) is 0 Å². The van der Waals surface area contributed by atoms with Crippen LogP contribution >= 0.6 is 0 Å². The number of ether oxygens (including phenoxy) is 1. The molecule has 0 fully saturated rings. The lowest BCUT2D eigenvalue weighted by Gasteiger charge is -2.21. The van der Waals surface area contributed by atoms with E-state index in [1.807, 2.05) is 13.8 Å². The average molecular weight is 120 g/mol. The maximum absolute atomic E-state index is 6.77. The summed E-state index contributed by atoms with van der Waals surface area (Å²) >= 11 is 0. The van der Waals surface area contributed by atoms with Crippen molar-refractivity contribution in [2.75, 3.05) is 20.7 Å². The normalized spacial score (nSPS) is 19.1. The van der Waals surface area contributed by atoms with Gasteiger partial charge in [-0.1, -0.05) is 0 Å². The summed E-state index contributed by atoms with van der Waals surface area (Å²) in [6.45, 7) is 3.93. The molecule has 50 valence electrons. The van der Waals surface area contributed by atoms with E-state index in [4.69, 9.17) is 4.11 Å². The highest BCUT2D eigenvalue weighted by molar-refractivity contribution is 4.73. The number of rotatable bonds is 3. The number of nitrogens with one attached hydrogen (secondary N) is 1. The van der Waals surface area contributed by atoms with Gasteiger partial charge in [0.1, 0.15) is 0 Å². The fourth-order valence-corrected chi connectivity index (χ4v) is 0.253. The van der Waals surface area contributed by atoms with Crippen molar-refractivity contribution in [1.29, 1.82) is 0 Å². The Bertz CT molecular complexity index is 121. The molecule has 0 amide bonds. The molecule has 0 aliphatic carbocycles. The quantitative estimate of drug-likeness (QED) is 0.590. The summed E-state index contributed by atoms with van der Waals surface area (Å²) in [5.41, 5.74) is -0.283. The first kappa shape index (κ1) is 3.85. The standard InChI is InChI=1S/C6H15NO/c1-6(2,7-3)5-8-4/h7H,5H2,1-4H3/i4D3. The maximum atomic E-state index is 6.77. The first-order valence-corrected chi connectivity index (χ1v) is 2.60. The third-order valence-electron chi connectivity index (χ3n) is 1.11. The predicted octanol–water partition coefficient (Wildman–Crippen LogP) is 0.631. The second kappa shape index (κ2) is 3.05. The third-order valence-corrected chi connectivity index (χ3v) is 1.11. The third kappa shape index (κ3) is 2.99. The lowest BCUT2D eigenvalue weighted by Crippen LogP contribution is -2.40. The van der Waals surface area contributed by atoms with Crippen molar-refractivity contribution in [2.24, 2.45) is 0 Å². The average Bonchev–Trinajstić information content (AvgIpc) is 1.83. The summed E-state index contributed by atoms with van der Waals surface area (Å²) in [7, 11) is -0.517. The molecule has 0 saturated heterocycles. The molecule has 0 aromatic rings. The van der Waals surface area contributed by atoms with Crippen LogP contribution < -0.4 is 5.32 Å². The first-order valence-electron chi connectivity index (χ1n) is 4.10. The van der Waals surface area contributed by atoms with E-state index in [0.29, 0.717) is 0 Å². The topological polar surface area (TPSA) is 21.3 Å². The van der Waals surface area contributed by atoms with Crippen molar-refractivity contribution >= 4 is 0 Å². The van der Waals surface area contributed by atoms with Gasteiger partial charge in [-0.2, -0.15) is 0 Å². The highest BCUT2D eigenvalue weighted by Gasteiger charge is 2.12. The minimum Gasteiger partial charge on any atom is -0.383 e. The molecule has 0 unspecified atom stereocenters. The van der Waals surface area contributed by atoms with Gasteiger partial charge in [0.05, 0.1) is 10.7 Å². The molecular formula is C6H15NO. The molecule has 0 aliphatic heterocycles. The van der Waals surface area contributed by atoms with E-state index >= 15 is 0 Å². The molecular weight excluding hydrogens is 102 g/mol. The van der Waals surface area contributed by atoms with Crippen molar-refractivity contribution in [3.8, 4) is 0 Å². The van der Waals surface area contributed by atoms with E-state index in [1.165, 1.54) is 0 Å². The van der Waals surface area contributed by atoms with Crippen LogP contribution in [0.2, 0.25) is 0 Å². The van der Waals surface area contributed by atoms with E-state index in [1.54, 1.807) is 7.05 Å². The zero-order valence-electron chi connectivity index (χ0n) is 8.62. The van der Waals surface area contributed by atoms with E-state index < -0.39 is 7.04 Å². The molecule has 0 atom stereocenters. The predicted molar refractivity (Wildman–Crippen MR) is 35.0 cm³/mol. The van der Waals surface area contributed by atoms with E-state index in [0.717, 1.165) is 0 Å². The molecule has 0 heterocycles. The second-order valence-corrected chi connectivity index (χ2v) is 2.42. The van der Waals surface area contributed by atoms with Crippen molar-refractivity contribution in [1.82, 2.24) is 5.32 Å². The number of likely N-dealkylation sites (N-methyl/N-ethyl adjacent to an activating group) is 1. The Morgan fingerprint density at radius 3 is 2.75 bits per heavy atom. The van der Waals surface area contributed by atoms with Gasteiger partial charge in [0, 0.05) is 12.6 Å². The number of methoxy groups -OCH3 is 1. The Balaban J connectivity index is 3.70. The molecule has 2 heteroatoms. The molecule has 0 radical (unpaired) electrons. The highest BCUT2D eigenvalue weighted by Crippen LogP contribution is 1.98. The molecule has 0 saturated carbocycles. The minimum absolute atomic E-state index is 0.181. The van der Waals surface area contributed by atoms with E-state index in [-0.39, 0.29) is 12.1 Å². The van der Waals surface area contributed by atoms with Gasteiger partial charge in [-0.3, -0.25) is 0 Å². The zero-order chi connectivity index (χ0) is 9.12. The molecule has 0 aliphatic rings. The number of hydrogen-bond donors (Lipinski definition) is 1. The Morgan fingerprint density at radius 2 is 2.38 bits per heavy atom. The van der Waals surface area contributed by atoms with Gasteiger partial charge in [-0.25, -0.2) is 0 Å². The van der Waals surface area contributed by atoms with Crippen molar-refractivity contribution in [2.45, 2.75) is 19.4 Å². The van der Waals surface area contributed by atoms with Gasteiger partial charge in [0.15, 0.2) is 0 Å². The highest BCUT2D eigenvalue weighted by atomic mass is 16.5. The van der Waals surface area contributed by atoms with Crippen LogP contribution in [-0.2, 0) is 4.74 Å². The Morgan fingerprint density at radius 1 is 1.75 bits per heavy atom. The van der Waals surface area contributed by atoms with Crippen molar-refractivity contribution < 1.29 is 8.85 Å². The SMILES string of the molecule is [2H]C([2H])([2H])OCC(C)(C)NC. The zero-order valence-corrected chi connectivity index (χ0v) is 5.62. The molecule has 0 aromatic heterocycles. The molecule has 0 bridgehead atoms. The fourth-order valence-electron chi connectivity index (χ4n) is 0.253. The molecule has 0 spiro atoms. The Labute approximate surface area is 55.4 Å². The Hall–Kier alpha value is -0.0800. The molecule has 1 N–H and O–H groups in total. The van der Waals surface area contributed by atoms with Gasteiger partial charge >= 0.3 is 0 Å². The first-order chi connectivity index (χ1) is 4.77. The largest absolute Gasteiger partial charge is 0.383 e.